The molecule has 0 aromatic heterocycles. The van der Waals surface area contributed by atoms with Crippen LogP contribution in [-0.2, 0) is 16.0 Å². The summed E-state index contributed by atoms with van der Waals surface area (Å²) in [5, 5.41) is 8.69. The Labute approximate surface area is 142 Å². The van der Waals surface area contributed by atoms with Gasteiger partial charge in [0.1, 0.15) is 0 Å². The normalized spacial score (nSPS) is 14.8. The molecular formula is C17H23N3O2S. The Morgan fingerprint density at radius 1 is 1.13 bits per heavy atom. The maximum atomic E-state index is 12.1. The van der Waals surface area contributed by atoms with Crippen molar-refractivity contribution < 1.29 is 9.59 Å². The van der Waals surface area contributed by atoms with E-state index in [9.17, 15) is 9.59 Å². The molecule has 2 amide bonds. The number of rotatable bonds is 4. The van der Waals surface area contributed by atoms with E-state index in [1.807, 2.05) is 24.3 Å². The van der Waals surface area contributed by atoms with Crippen LogP contribution < -0.4 is 16.0 Å². The fourth-order valence-corrected chi connectivity index (χ4v) is 2.94. The second-order valence-electron chi connectivity index (χ2n) is 5.83. The minimum atomic E-state index is -0.0269. The minimum Gasteiger partial charge on any atom is -0.359 e. The zero-order valence-electron chi connectivity index (χ0n) is 13.4. The van der Waals surface area contributed by atoms with Crippen LogP contribution in [0.25, 0.3) is 0 Å². The molecule has 0 atom stereocenters. The molecule has 1 aromatic carbocycles. The number of amides is 2. The fourth-order valence-electron chi connectivity index (χ4n) is 2.72. The molecule has 1 aromatic rings. The van der Waals surface area contributed by atoms with E-state index in [2.05, 4.69) is 16.0 Å². The van der Waals surface area contributed by atoms with Crippen molar-refractivity contribution in [1.82, 2.24) is 10.6 Å². The quantitative estimate of drug-likeness (QED) is 0.740. The summed E-state index contributed by atoms with van der Waals surface area (Å²) in [4.78, 5) is 23.4. The number of hydrogen-bond donors (Lipinski definition) is 3. The number of carbonyl (C=O) groups is 2. The zero-order chi connectivity index (χ0) is 16.7. The average Bonchev–Trinajstić information content (AvgIpc) is 2.57. The number of carbonyl (C=O) groups excluding carboxylic acids is 2. The molecule has 2 rings (SSSR count). The molecule has 3 N–H and O–H groups in total. The number of nitrogens with one attached hydrogen (secondary N) is 3. The zero-order valence-corrected chi connectivity index (χ0v) is 14.2. The fraction of sp³-hybridized carbons (Fsp3) is 0.471. The third kappa shape index (κ3) is 5.63. The second kappa shape index (κ2) is 8.62. The highest BCUT2D eigenvalue weighted by molar-refractivity contribution is 7.80. The molecule has 1 fully saturated rings. The highest BCUT2D eigenvalue weighted by atomic mass is 32.1. The van der Waals surface area contributed by atoms with Crippen molar-refractivity contribution in [3.63, 3.8) is 0 Å². The van der Waals surface area contributed by atoms with Crippen molar-refractivity contribution in [3.8, 4) is 0 Å². The van der Waals surface area contributed by atoms with Gasteiger partial charge in [0.2, 0.25) is 11.8 Å². The van der Waals surface area contributed by atoms with Gasteiger partial charge in [-0.1, -0.05) is 31.4 Å². The molecule has 0 aliphatic heterocycles. The van der Waals surface area contributed by atoms with Gasteiger partial charge in [0.15, 0.2) is 5.11 Å². The van der Waals surface area contributed by atoms with Crippen LogP contribution >= 0.6 is 12.2 Å². The van der Waals surface area contributed by atoms with Gasteiger partial charge in [-0.3, -0.25) is 9.59 Å². The van der Waals surface area contributed by atoms with Gasteiger partial charge in [0.05, 0.1) is 6.42 Å². The lowest BCUT2D eigenvalue weighted by molar-refractivity contribution is -0.124. The summed E-state index contributed by atoms with van der Waals surface area (Å²) in [6.45, 7) is 0. The molecule has 23 heavy (non-hydrogen) atoms. The molecule has 5 nitrogen and oxygen atoms in total. The summed E-state index contributed by atoms with van der Waals surface area (Å²) >= 11 is 5.20. The standard InChI is InChI=1S/C17H23N3O2S/c1-18-15(21)11-12-7-9-14(10-8-12)19-17(23)20-16(22)13-5-3-2-4-6-13/h7-10,13H,2-6,11H2,1H3,(H,18,21)(H2,19,20,22,23). The van der Waals surface area contributed by atoms with Crippen LogP contribution in [0.1, 0.15) is 37.7 Å². The summed E-state index contributed by atoms with van der Waals surface area (Å²) in [6.07, 6.45) is 5.69. The van der Waals surface area contributed by atoms with Crippen LogP contribution in [0.4, 0.5) is 5.69 Å². The van der Waals surface area contributed by atoms with E-state index in [-0.39, 0.29) is 17.7 Å². The van der Waals surface area contributed by atoms with E-state index < -0.39 is 0 Å². The minimum absolute atomic E-state index is 0.0124. The highest BCUT2D eigenvalue weighted by Gasteiger charge is 2.21. The summed E-state index contributed by atoms with van der Waals surface area (Å²) < 4.78 is 0. The SMILES string of the molecule is CNC(=O)Cc1ccc(NC(=S)NC(=O)C2CCCCC2)cc1. The Hall–Kier alpha value is -1.95. The van der Waals surface area contributed by atoms with Crippen molar-refractivity contribution in [2.24, 2.45) is 5.92 Å². The van der Waals surface area contributed by atoms with E-state index >= 15 is 0 Å². The Kier molecular flexibility index (Phi) is 6.52. The van der Waals surface area contributed by atoms with Gasteiger partial charge in [-0.15, -0.1) is 0 Å². The Bertz CT molecular complexity index is 566. The molecule has 1 saturated carbocycles. The first-order valence-electron chi connectivity index (χ1n) is 8.00. The van der Waals surface area contributed by atoms with Gasteiger partial charge in [-0.25, -0.2) is 0 Å². The molecule has 0 unspecified atom stereocenters. The van der Waals surface area contributed by atoms with Gasteiger partial charge < -0.3 is 16.0 Å². The summed E-state index contributed by atoms with van der Waals surface area (Å²) in [7, 11) is 1.62. The molecule has 0 saturated heterocycles. The third-order valence-corrected chi connectivity index (χ3v) is 4.27. The smallest absolute Gasteiger partial charge is 0.229 e. The van der Waals surface area contributed by atoms with Crippen molar-refractivity contribution in [2.45, 2.75) is 38.5 Å². The monoisotopic (exact) mass is 333 g/mol. The van der Waals surface area contributed by atoms with Gasteiger partial charge in [-0.05, 0) is 42.8 Å². The average molecular weight is 333 g/mol. The summed E-state index contributed by atoms with van der Waals surface area (Å²) in [5.41, 5.74) is 1.71. The van der Waals surface area contributed by atoms with Crippen molar-refractivity contribution in [1.29, 1.82) is 0 Å². The first kappa shape index (κ1) is 17.4. The van der Waals surface area contributed by atoms with Crippen LogP contribution in [0.5, 0.6) is 0 Å². The molecule has 124 valence electrons. The topological polar surface area (TPSA) is 70.2 Å². The predicted octanol–water partition coefficient (Wildman–Crippen LogP) is 2.37. The van der Waals surface area contributed by atoms with Crippen molar-refractivity contribution >= 4 is 34.8 Å². The van der Waals surface area contributed by atoms with Crippen LogP contribution in [0.2, 0.25) is 0 Å². The third-order valence-electron chi connectivity index (χ3n) is 4.07. The first-order chi connectivity index (χ1) is 11.1. The van der Waals surface area contributed by atoms with Crippen molar-refractivity contribution in [3.05, 3.63) is 29.8 Å². The molecule has 0 bridgehead atoms. The largest absolute Gasteiger partial charge is 0.359 e. The van der Waals surface area contributed by atoms with E-state index in [1.54, 1.807) is 7.05 Å². The lowest BCUT2D eigenvalue weighted by Crippen LogP contribution is -2.38. The number of likely N-dealkylation sites (N-methyl/N-ethyl adjacent to an activating group) is 1. The Morgan fingerprint density at radius 2 is 1.78 bits per heavy atom. The van der Waals surface area contributed by atoms with Crippen molar-refractivity contribution in [2.75, 3.05) is 12.4 Å². The molecule has 0 radical (unpaired) electrons. The lowest BCUT2D eigenvalue weighted by atomic mass is 9.89. The predicted molar refractivity (Wildman–Crippen MR) is 95.2 cm³/mol. The highest BCUT2D eigenvalue weighted by Crippen LogP contribution is 2.23. The molecule has 1 aliphatic rings. The van der Waals surface area contributed by atoms with Gasteiger partial charge in [-0.2, -0.15) is 0 Å². The second-order valence-corrected chi connectivity index (χ2v) is 6.23. The first-order valence-corrected chi connectivity index (χ1v) is 8.40. The molecule has 0 heterocycles. The molecule has 6 heteroatoms. The molecule has 0 spiro atoms. The van der Waals surface area contributed by atoms with Crippen LogP contribution in [0.15, 0.2) is 24.3 Å². The molecule has 1 aliphatic carbocycles. The van der Waals surface area contributed by atoms with Crippen LogP contribution in [-0.4, -0.2) is 24.0 Å². The number of hydrogen-bond acceptors (Lipinski definition) is 3. The van der Waals surface area contributed by atoms with Gasteiger partial charge in [0.25, 0.3) is 0 Å². The maximum absolute atomic E-state index is 12.1. The van der Waals surface area contributed by atoms with Crippen LogP contribution in [0.3, 0.4) is 0 Å². The van der Waals surface area contributed by atoms with Gasteiger partial charge >= 0.3 is 0 Å². The lowest BCUT2D eigenvalue weighted by Gasteiger charge is -2.21. The Morgan fingerprint density at radius 3 is 2.39 bits per heavy atom. The van der Waals surface area contributed by atoms with Crippen LogP contribution in [0, 0.1) is 5.92 Å². The summed E-state index contributed by atoms with van der Waals surface area (Å²) in [5.74, 6) is 0.0674. The maximum Gasteiger partial charge on any atom is 0.229 e. The van der Waals surface area contributed by atoms with Gasteiger partial charge in [0, 0.05) is 18.7 Å². The van der Waals surface area contributed by atoms with E-state index in [0.29, 0.717) is 11.5 Å². The molecular weight excluding hydrogens is 310 g/mol. The van der Waals surface area contributed by atoms with E-state index in [4.69, 9.17) is 12.2 Å². The number of benzene rings is 1. The number of anilines is 1. The number of thiocarbonyl (C=S) groups is 1. The summed E-state index contributed by atoms with van der Waals surface area (Å²) in [6, 6.07) is 7.42. The Balaban J connectivity index is 1.82. The van der Waals surface area contributed by atoms with E-state index in [1.165, 1.54) is 6.42 Å². The van der Waals surface area contributed by atoms with E-state index in [0.717, 1.165) is 36.9 Å².